The van der Waals surface area contributed by atoms with Gasteiger partial charge in [0.05, 0.1) is 25.7 Å². The number of likely N-dealkylation sites (tertiary alicyclic amines) is 1. The largest absolute Gasteiger partial charge is 0.392 e. The molecule has 1 aliphatic rings. The summed E-state index contributed by atoms with van der Waals surface area (Å²) in [6.07, 6.45) is 0.913. The van der Waals surface area contributed by atoms with E-state index in [0.717, 1.165) is 13.0 Å². The van der Waals surface area contributed by atoms with Crippen LogP contribution in [-0.2, 0) is 0 Å². The average molecular weight is 144 g/mol. The number of hydrogen-bond acceptors (Lipinski definition) is 1. The lowest BCUT2D eigenvalue weighted by Crippen LogP contribution is -3.14. The quantitative estimate of drug-likeness (QED) is 0.461. The molecule has 0 saturated carbocycles. The van der Waals surface area contributed by atoms with Crippen molar-refractivity contribution in [3.05, 3.63) is 0 Å². The molecule has 0 aromatic rings. The number of quaternary nitrogens is 1. The Morgan fingerprint density at radius 1 is 1.40 bits per heavy atom. The van der Waals surface area contributed by atoms with Gasteiger partial charge < -0.3 is 10.0 Å². The van der Waals surface area contributed by atoms with Gasteiger partial charge in [-0.05, 0) is 6.92 Å². The number of hydrogen-bond donors (Lipinski definition) is 2. The first-order valence-electron chi connectivity index (χ1n) is 4.13. The van der Waals surface area contributed by atoms with Crippen LogP contribution in [0.15, 0.2) is 0 Å². The van der Waals surface area contributed by atoms with Crippen molar-refractivity contribution in [1.29, 1.82) is 0 Å². The molecule has 60 valence electrons. The van der Waals surface area contributed by atoms with E-state index >= 15 is 0 Å². The summed E-state index contributed by atoms with van der Waals surface area (Å²) in [6.45, 7) is 5.47. The number of aliphatic hydroxyl groups excluding tert-OH is 1. The van der Waals surface area contributed by atoms with Gasteiger partial charge >= 0.3 is 0 Å². The van der Waals surface area contributed by atoms with Gasteiger partial charge in [0.25, 0.3) is 0 Å². The van der Waals surface area contributed by atoms with Gasteiger partial charge in [-0.3, -0.25) is 0 Å². The first-order chi connectivity index (χ1) is 4.63. The summed E-state index contributed by atoms with van der Waals surface area (Å²) in [5.74, 6) is 0.466. The molecular formula is C8H18NO+. The minimum Gasteiger partial charge on any atom is -0.392 e. The second-order valence-electron chi connectivity index (χ2n) is 3.60. The molecule has 2 heteroatoms. The average Bonchev–Trinajstić information content (AvgIpc) is 1.93. The zero-order chi connectivity index (χ0) is 7.72. The summed E-state index contributed by atoms with van der Waals surface area (Å²) >= 11 is 0. The monoisotopic (exact) mass is 144 g/mol. The molecule has 1 rings (SSSR count). The van der Waals surface area contributed by atoms with Crippen LogP contribution in [-0.4, -0.2) is 30.8 Å². The summed E-state index contributed by atoms with van der Waals surface area (Å²) in [7, 11) is 2.20. The highest BCUT2D eigenvalue weighted by atomic mass is 16.3. The molecule has 4 atom stereocenters. The van der Waals surface area contributed by atoms with Crippen molar-refractivity contribution in [1.82, 2.24) is 0 Å². The first-order valence-corrected chi connectivity index (χ1v) is 4.13. The van der Waals surface area contributed by atoms with Gasteiger partial charge in [0, 0.05) is 12.3 Å². The van der Waals surface area contributed by atoms with Crippen LogP contribution in [0.3, 0.4) is 0 Å². The van der Waals surface area contributed by atoms with Gasteiger partial charge in [0.1, 0.15) is 0 Å². The van der Waals surface area contributed by atoms with Crippen LogP contribution in [0.4, 0.5) is 0 Å². The maximum absolute atomic E-state index is 9.45. The van der Waals surface area contributed by atoms with Crippen LogP contribution < -0.4 is 4.90 Å². The Kier molecular flexibility index (Phi) is 2.32. The molecule has 1 aliphatic heterocycles. The van der Waals surface area contributed by atoms with E-state index in [1.54, 1.807) is 4.90 Å². The Hall–Kier alpha value is -0.0800. The minimum absolute atomic E-state index is 0.0568. The highest BCUT2D eigenvalue weighted by Gasteiger charge is 2.31. The predicted octanol–water partition coefficient (Wildman–Crippen LogP) is -0.710. The second-order valence-corrected chi connectivity index (χ2v) is 3.60. The summed E-state index contributed by atoms with van der Waals surface area (Å²) in [5, 5.41) is 9.45. The van der Waals surface area contributed by atoms with Crippen molar-refractivity contribution in [2.45, 2.75) is 32.4 Å². The highest BCUT2D eigenvalue weighted by Crippen LogP contribution is 2.12. The predicted molar refractivity (Wildman–Crippen MR) is 41.0 cm³/mol. The lowest BCUT2D eigenvalue weighted by molar-refractivity contribution is -0.914. The Balaban J connectivity index is 2.52. The molecule has 1 unspecified atom stereocenters. The van der Waals surface area contributed by atoms with Crippen molar-refractivity contribution in [2.24, 2.45) is 5.92 Å². The van der Waals surface area contributed by atoms with Gasteiger partial charge in [-0.25, -0.2) is 0 Å². The molecule has 1 heterocycles. The molecule has 0 amide bonds. The smallest absolute Gasteiger partial charge is 0.0894 e. The Morgan fingerprint density at radius 2 is 2.00 bits per heavy atom. The third-order valence-corrected chi connectivity index (χ3v) is 3.01. The molecule has 0 aromatic heterocycles. The molecule has 1 saturated heterocycles. The molecule has 0 aliphatic carbocycles. The van der Waals surface area contributed by atoms with E-state index in [0.29, 0.717) is 12.0 Å². The van der Waals surface area contributed by atoms with E-state index in [-0.39, 0.29) is 6.10 Å². The number of aliphatic hydroxyl groups is 1. The fraction of sp³-hybridized carbons (Fsp3) is 1.00. The van der Waals surface area contributed by atoms with Crippen molar-refractivity contribution in [3.8, 4) is 0 Å². The molecule has 1 fully saturated rings. The summed E-state index contributed by atoms with van der Waals surface area (Å²) in [5.41, 5.74) is 0. The fourth-order valence-corrected chi connectivity index (χ4v) is 1.65. The molecule has 0 spiro atoms. The third kappa shape index (κ3) is 1.32. The lowest BCUT2D eigenvalue weighted by Gasteiger charge is -2.35. The summed E-state index contributed by atoms with van der Waals surface area (Å²) in [6, 6.07) is 0.615. The van der Waals surface area contributed by atoms with E-state index in [1.807, 2.05) is 0 Å². The number of rotatable bonds is 0. The lowest BCUT2D eigenvalue weighted by atomic mass is 9.90. The summed E-state index contributed by atoms with van der Waals surface area (Å²) in [4.78, 5) is 1.55. The van der Waals surface area contributed by atoms with Crippen molar-refractivity contribution in [3.63, 3.8) is 0 Å². The van der Waals surface area contributed by atoms with Gasteiger partial charge in [-0.2, -0.15) is 0 Å². The number of nitrogens with one attached hydrogen (secondary N) is 1. The topological polar surface area (TPSA) is 24.7 Å². The standard InChI is InChI=1S/C8H17NO/c1-6-7(2)9(3)5-4-8(6)10/h6-8,10H,4-5H2,1-3H3/p+1/t6-,7-,8-/m0/s1. The Morgan fingerprint density at radius 3 is 2.50 bits per heavy atom. The second kappa shape index (κ2) is 2.89. The molecule has 0 aromatic carbocycles. The third-order valence-electron chi connectivity index (χ3n) is 3.01. The Labute approximate surface area is 62.8 Å². The van der Waals surface area contributed by atoms with E-state index < -0.39 is 0 Å². The van der Waals surface area contributed by atoms with Gasteiger partial charge in [-0.1, -0.05) is 6.92 Å². The van der Waals surface area contributed by atoms with Crippen LogP contribution in [0.25, 0.3) is 0 Å². The van der Waals surface area contributed by atoms with E-state index in [9.17, 15) is 5.11 Å². The molecule has 2 N–H and O–H groups in total. The van der Waals surface area contributed by atoms with E-state index in [1.165, 1.54) is 0 Å². The zero-order valence-electron chi connectivity index (χ0n) is 7.09. The fourth-order valence-electron chi connectivity index (χ4n) is 1.65. The maximum Gasteiger partial charge on any atom is 0.0894 e. The molecule has 0 bridgehead atoms. The van der Waals surface area contributed by atoms with Crippen LogP contribution in [0, 0.1) is 5.92 Å². The van der Waals surface area contributed by atoms with Gasteiger partial charge in [0.2, 0.25) is 0 Å². The minimum atomic E-state index is -0.0568. The first kappa shape index (κ1) is 8.02. The van der Waals surface area contributed by atoms with Gasteiger partial charge in [0.15, 0.2) is 0 Å². The SMILES string of the molecule is C[C@@H]1[C@@H](O)CC[NH+](C)[C@H]1C. The van der Waals surface area contributed by atoms with Gasteiger partial charge in [-0.15, -0.1) is 0 Å². The van der Waals surface area contributed by atoms with E-state index in [2.05, 4.69) is 20.9 Å². The number of piperidine rings is 1. The highest BCUT2D eigenvalue weighted by molar-refractivity contribution is 4.72. The molecule has 2 nitrogen and oxygen atoms in total. The van der Waals surface area contributed by atoms with E-state index in [4.69, 9.17) is 0 Å². The van der Waals surface area contributed by atoms with Crippen LogP contribution in [0.2, 0.25) is 0 Å². The maximum atomic E-state index is 9.45. The Bertz CT molecular complexity index is 102. The molecule has 0 radical (unpaired) electrons. The van der Waals surface area contributed by atoms with Crippen LogP contribution in [0.5, 0.6) is 0 Å². The molecular weight excluding hydrogens is 126 g/mol. The normalized spacial score (nSPS) is 49.2. The van der Waals surface area contributed by atoms with Crippen molar-refractivity contribution in [2.75, 3.05) is 13.6 Å². The molecule has 10 heavy (non-hydrogen) atoms. The zero-order valence-corrected chi connectivity index (χ0v) is 7.09. The van der Waals surface area contributed by atoms with Crippen LogP contribution in [0.1, 0.15) is 20.3 Å². The van der Waals surface area contributed by atoms with Crippen LogP contribution >= 0.6 is 0 Å². The van der Waals surface area contributed by atoms with Crippen molar-refractivity contribution < 1.29 is 10.0 Å². The summed E-state index contributed by atoms with van der Waals surface area (Å²) < 4.78 is 0. The van der Waals surface area contributed by atoms with Crippen molar-refractivity contribution >= 4 is 0 Å².